The lowest BCUT2D eigenvalue weighted by Gasteiger charge is -2.13. The van der Waals surface area contributed by atoms with Crippen molar-refractivity contribution < 1.29 is 13.3 Å². The summed E-state index contributed by atoms with van der Waals surface area (Å²) in [6.45, 7) is 1.82. The molecule has 9 nitrogen and oxygen atoms in total. The van der Waals surface area contributed by atoms with Crippen molar-refractivity contribution in [2.75, 3.05) is 4.72 Å². The van der Waals surface area contributed by atoms with Crippen LogP contribution in [0.3, 0.4) is 0 Å². The van der Waals surface area contributed by atoms with E-state index < -0.39 is 20.5 Å². The lowest BCUT2D eigenvalue weighted by Crippen LogP contribution is -2.15. The Bertz CT molecular complexity index is 1480. The molecule has 0 aliphatic rings. The van der Waals surface area contributed by atoms with Gasteiger partial charge in [-0.3, -0.25) is 19.6 Å². The number of nitro benzene ring substituents is 1. The molecule has 10 heteroatoms. The molecule has 2 N–H and O–H groups in total. The molecule has 31 heavy (non-hydrogen) atoms. The third kappa shape index (κ3) is 4.01. The maximum atomic E-state index is 12.9. The average Bonchev–Trinajstić information content (AvgIpc) is 2.73. The normalized spacial score (nSPS) is 11.4. The molecule has 0 unspecified atom stereocenters. The zero-order chi connectivity index (χ0) is 22.2. The number of nitrogens with one attached hydrogen (secondary N) is 2. The van der Waals surface area contributed by atoms with Gasteiger partial charge in [0.1, 0.15) is 5.82 Å². The highest BCUT2D eigenvalue weighted by molar-refractivity contribution is 7.92. The molecular formula is C21H16N4O5S. The number of para-hydroxylation sites is 1. The fourth-order valence-electron chi connectivity index (χ4n) is 3.07. The first-order valence-corrected chi connectivity index (χ1v) is 10.6. The molecular weight excluding hydrogens is 420 g/mol. The van der Waals surface area contributed by atoms with E-state index >= 15 is 0 Å². The Morgan fingerprint density at radius 1 is 1.03 bits per heavy atom. The van der Waals surface area contributed by atoms with Crippen LogP contribution in [0.4, 0.5) is 11.4 Å². The van der Waals surface area contributed by atoms with Crippen LogP contribution in [0.25, 0.3) is 22.3 Å². The topological polar surface area (TPSA) is 135 Å². The Morgan fingerprint density at radius 3 is 2.45 bits per heavy atom. The summed E-state index contributed by atoms with van der Waals surface area (Å²) in [5.41, 5.74) is 0.692. The van der Waals surface area contributed by atoms with Gasteiger partial charge in [-0.2, -0.15) is 0 Å². The molecule has 4 rings (SSSR count). The molecule has 0 bridgehead atoms. The van der Waals surface area contributed by atoms with Crippen molar-refractivity contribution in [3.05, 3.63) is 92.8 Å². The van der Waals surface area contributed by atoms with E-state index in [1.807, 2.05) is 6.92 Å². The van der Waals surface area contributed by atoms with Crippen LogP contribution < -0.4 is 10.3 Å². The molecule has 0 spiro atoms. The second kappa shape index (κ2) is 7.65. The monoisotopic (exact) mass is 436 g/mol. The van der Waals surface area contributed by atoms with Crippen LogP contribution in [0.1, 0.15) is 5.56 Å². The highest BCUT2D eigenvalue weighted by Gasteiger charge is 2.20. The number of sulfonamides is 1. The van der Waals surface area contributed by atoms with Gasteiger partial charge >= 0.3 is 0 Å². The van der Waals surface area contributed by atoms with E-state index in [-0.39, 0.29) is 27.7 Å². The maximum Gasteiger partial charge on any atom is 0.271 e. The fraction of sp³-hybridized carbons (Fsp3) is 0.0476. The number of aromatic amines is 1. The summed E-state index contributed by atoms with van der Waals surface area (Å²) < 4.78 is 28.2. The van der Waals surface area contributed by atoms with Gasteiger partial charge < -0.3 is 4.98 Å². The number of nitro groups is 1. The zero-order valence-corrected chi connectivity index (χ0v) is 17.0. The minimum absolute atomic E-state index is 0.00415. The molecule has 0 radical (unpaired) electrons. The van der Waals surface area contributed by atoms with Crippen LogP contribution >= 0.6 is 0 Å². The summed E-state index contributed by atoms with van der Waals surface area (Å²) in [6, 6.07) is 16.5. The van der Waals surface area contributed by atoms with E-state index in [0.29, 0.717) is 10.9 Å². The molecule has 0 aliphatic heterocycles. The molecule has 0 aliphatic carbocycles. The average molecular weight is 436 g/mol. The highest BCUT2D eigenvalue weighted by atomic mass is 32.2. The molecule has 3 aromatic carbocycles. The number of hydrogen-bond acceptors (Lipinski definition) is 6. The first-order valence-electron chi connectivity index (χ1n) is 9.12. The smallest absolute Gasteiger partial charge is 0.271 e. The van der Waals surface area contributed by atoms with E-state index in [4.69, 9.17) is 0 Å². The molecule has 156 valence electrons. The maximum absolute atomic E-state index is 12.9. The van der Waals surface area contributed by atoms with Crippen LogP contribution in [0.5, 0.6) is 0 Å². The number of nitrogens with zero attached hydrogens (tertiary/aromatic N) is 2. The van der Waals surface area contributed by atoms with E-state index in [0.717, 1.165) is 11.6 Å². The number of anilines is 1. The second-order valence-electron chi connectivity index (χ2n) is 6.84. The van der Waals surface area contributed by atoms with E-state index in [9.17, 15) is 23.3 Å². The first-order chi connectivity index (χ1) is 14.7. The van der Waals surface area contributed by atoms with Gasteiger partial charge in [0.05, 0.1) is 26.4 Å². The van der Waals surface area contributed by atoms with Gasteiger partial charge in [-0.15, -0.1) is 0 Å². The van der Waals surface area contributed by atoms with E-state index in [1.165, 1.54) is 24.3 Å². The van der Waals surface area contributed by atoms with Crippen LogP contribution in [0.2, 0.25) is 0 Å². The Balaban J connectivity index is 1.87. The fourth-order valence-corrected chi connectivity index (χ4v) is 4.14. The lowest BCUT2D eigenvalue weighted by atomic mass is 10.1. The van der Waals surface area contributed by atoms with Crippen LogP contribution in [0, 0.1) is 17.0 Å². The van der Waals surface area contributed by atoms with Crippen LogP contribution in [0.15, 0.2) is 76.4 Å². The number of fused-ring (bicyclic) bond motifs is 1. The SMILES string of the molecule is Cc1ccc(S(=O)(=O)Nc2cc([N+](=O)[O-])ccc2-c2nc3ccccc3c(=O)[nH]2)cc1. The summed E-state index contributed by atoms with van der Waals surface area (Å²) in [7, 11) is -4.05. The molecule has 0 fully saturated rings. The Labute approximate surface area is 176 Å². The third-order valence-corrected chi connectivity index (χ3v) is 6.04. The number of aromatic nitrogens is 2. The van der Waals surface area contributed by atoms with Gasteiger partial charge in [-0.1, -0.05) is 29.8 Å². The zero-order valence-electron chi connectivity index (χ0n) is 16.2. The predicted octanol–water partition coefficient (Wildman–Crippen LogP) is 3.61. The molecule has 0 saturated carbocycles. The number of aryl methyl sites for hydroxylation is 1. The lowest BCUT2D eigenvalue weighted by molar-refractivity contribution is -0.384. The molecule has 0 amide bonds. The van der Waals surface area contributed by atoms with Crippen molar-refractivity contribution in [3.8, 4) is 11.4 Å². The number of non-ortho nitro benzene ring substituents is 1. The van der Waals surface area contributed by atoms with Crippen molar-refractivity contribution in [2.24, 2.45) is 0 Å². The van der Waals surface area contributed by atoms with Gasteiger partial charge in [0.2, 0.25) is 0 Å². The van der Waals surface area contributed by atoms with Crippen LogP contribution in [-0.2, 0) is 10.0 Å². The number of H-pyrrole nitrogens is 1. The van der Waals surface area contributed by atoms with Gasteiger partial charge in [0.15, 0.2) is 0 Å². The van der Waals surface area contributed by atoms with Gasteiger partial charge in [-0.25, -0.2) is 13.4 Å². The Morgan fingerprint density at radius 2 is 1.74 bits per heavy atom. The second-order valence-corrected chi connectivity index (χ2v) is 8.52. The molecule has 4 aromatic rings. The van der Waals surface area contributed by atoms with Crippen molar-refractivity contribution in [2.45, 2.75) is 11.8 Å². The van der Waals surface area contributed by atoms with Crippen molar-refractivity contribution in [3.63, 3.8) is 0 Å². The standard InChI is InChI=1S/C21H16N4O5S/c1-13-6-9-15(10-7-13)31(29,30)24-19-12-14(25(27)28)8-11-16(19)20-22-18-5-3-2-4-17(18)21(26)23-20/h2-12,24H,1H3,(H,22,23,26). The van der Waals surface area contributed by atoms with E-state index in [1.54, 1.807) is 36.4 Å². The van der Waals surface area contributed by atoms with Gasteiger partial charge in [0.25, 0.3) is 21.3 Å². The summed E-state index contributed by atoms with van der Waals surface area (Å²) in [5.74, 6) is 0.0835. The summed E-state index contributed by atoms with van der Waals surface area (Å²) >= 11 is 0. The van der Waals surface area contributed by atoms with Crippen LogP contribution in [-0.4, -0.2) is 23.3 Å². The quantitative estimate of drug-likeness (QED) is 0.362. The summed E-state index contributed by atoms with van der Waals surface area (Å²) in [5, 5.41) is 11.6. The van der Waals surface area contributed by atoms with E-state index in [2.05, 4.69) is 14.7 Å². The Kier molecular flexibility index (Phi) is 4.99. The minimum atomic E-state index is -4.05. The minimum Gasteiger partial charge on any atom is -0.306 e. The highest BCUT2D eigenvalue weighted by Crippen LogP contribution is 2.31. The first kappa shape index (κ1) is 20.2. The number of rotatable bonds is 5. The molecule has 1 aromatic heterocycles. The van der Waals surface area contributed by atoms with Crippen molar-refractivity contribution in [1.29, 1.82) is 0 Å². The summed E-state index contributed by atoms with van der Waals surface area (Å²) in [6.07, 6.45) is 0. The largest absolute Gasteiger partial charge is 0.306 e. The summed E-state index contributed by atoms with van der Waals surface area (Å²) in [4.78, 5) is 30.1. The molecule has 0 atom stereocenters. The van der Waals surface area contributed by atoms with Gasteiger partial charge in [-0.05, 0) is 37.3 Å². The number of benzene rings is 3. The Hall–Kier alpha value is -4.05. The third-order valence-electron chi connectivity index (χ3n) is 4.66. The molecule has 1 heterocycles. The van der Waals surface area contributed by atoms with Gasteiger partial charge in [0, 0.05) is 17.7 Å². The van der Waals surface area contributed by atoms with Crippen molar-refractivity contribution >= 4 is 32.3 Å². The van der Waals surface area contributed by atoms with Crippen molar-refractivity contribution in [1.82, 2.24) is 9.97 Å². The number of hydrogen-bond donors (Lipinski definition) is 2. The molecule has 0 saturated heterocycles. The predicted molar refractivity (Wildman–Crippen MR) is 116 cm³/mol.